The van der Waals surface area contributed by atoms with Gasteiger partial charge in [-0.2, -0.15) is 0 Å². The van der Waals surface area contributed by atoms with Gasteiger partial charge in [0.05, 0.1) is 6.10 Å². The second kappa shape index (κ2) is 32.9. The van der Waals surface area contributed by atoms with Gasteiger partial charge in [-0.3, -0.25) is 0 Å². The molecule has 2 aliphatic heterocycles. The van der Waals surface area contributed by atoms with Crippen molar-refractivity contribution in [2.75, 3.05) is 46.8 Å². The standard InChI is InChI=1S/C66H92O16/c1-10-68-44(5)75-61-58(74-43-59(62(61)76-45(6)69-11-2)80-56-38-36-55(37-39-56)79-54-22-18-15-19-23-54)41-72-52-32-26-50(27-33-52)51-28-34-53(35-29-51)73-42-60-63(77-46(7)70-12-3)64(78-47(8)71-13-4)65(66(67-9)82-60)81-57-30-24-49(25-31-57)40-48-20-16-14-17-21-48/h24-39,43-48,54,58,60-66H,10-23,40-42H2,1-9H3/t44?,45?,46?,47?,58?,60?,61-,62?,63-,64?,65?,66+/m1/s1. The van der Waals surface area contributed by atoms with E-state index in [0.717, 1.165) is 42.1 Å². The Kier molecular flexibility index (Phi) is 25.3. The Hall–Kier alpha value is -4.98. The van der Waals surface area contributed by atoms with Crippen LogP contribution in [-0.2, 0) is 58.5 Å². The van der Waals surface area contributed by atoms with E-state index in [2.05, 4.69) is 12.1 Å². The first-order chi connectivity index (χ1) is 40.0. The summed E-state index contributed by atoms with van der Waals surface area (Å²) in [5, 5.41) is 0. The van der Waals surface area contributed by atoms with Crippen LogP contribution < -0.4 is 23.7 Å². The van der Waals surface area contributed by atoms with Crippen molar-refractivity contribution < 1.29 is 75.8 Å². The molecule has 2 heterocycles. The van der Waals surface area contributed by atoms with Gasteiger partial charge in [0.15, 0.2) is 55.5 Å². The van der Waals surface area contributed by atoms with Gasteiger partial charge in [-0.15, -0.1) is 0 Å². The Bertz CT molecular complexity index is 2430. The number of hydrogen-bond acceptors (Lipinski definition) is 16. The summed E-state index contributed by atoms with van der Waals surface area (Å²) in [4.78, 5) is 0. The maximum Gasteiger partial charge on any atom is 0.197 e. The second-order valence-electron chi connectivity index (χ2n) is 21.5. The van der Waals surface area contributed by atoms with Crippen LogP contribution >= 0.6 is 0 Å². The zero-order valence-corrected chi connectivity index (χ0v) is 50.0. The van der Waals surface area contributed by atoms with E-state index in [1.54, 1.807) is 13.4 Å². The minimum atomic E-state index is -0.828. The molecule has 16 heteroatoms. The average Bonchev–Trinajstić information content (AvgIpc) is 3.57. The highest BCUT2D eigenvalue weighted by atomic mass is 16.8. The number of rotatable bonds is 32. The summed E-state index contributed by atoms with van der Waals surface area (Å²) in [6.45, 7) is 17.2. The molecule has 2 aliphatic carbocycles. The number of hydrogen-bond donors (Lipinski definition) is 0. The lowest BCUT2D eigenvalue weighted by Crippen LogP contribution is -2.64. The van der Waals surface area contributed by atoms with Crippen LogP contribution in [0.15, 0.2) is 109 Å². The van der Waals surface area contributed by atoms with Gasteiger partial charge in [-0.1, -0.05) is 74.9 Å². The molecule has 0 spiro atoms. The molecule has 82 heavy (non-hydrogen) atoms. The lowest BCUT2D eigenvalue weighted by Gasteiger charge is -2.46. The van der Waals surface area contributed by atoms with E-state index in [1.807, 2.05) is 140 Å². The predicted octanol–water partition coefficient (Wildman–Crippen LogP) is 13.2. The summed E-state index contributed by atoms with van der Waals surface area (Å²) in [5.74, 6) is 4.55. The Morgan fingerprint density at radius 2 is 0.927 bits per heavy atom. The smallest absolute Gasteiger partial charge is 0.197 e. The van der Waals surface area contributed by atoms with Crippen LogP contribution in [0.4, 0.5) is 0 Å². The SMILES string of the molecule is CCOC(C)OC1C(Oc2ccc(OC3CCCCC3)cc2)=COC(COc2ccc(-c3ccc(OCC4O[C@H](OC)C(Oc5ccc(CC6CCCCC6)cc5)C(OC(C)OCC)[C@@H]4OC(C)OCC)cc3)cc2)[C@H]1OC(C)OCC. The third-order valence-corrected chi connectivity index (χ3v) is 15.3. The normalized spacial score (nSPS) is 25.0. The summed E-state index contributed by atoms with van der Waals surface area (Å²) in [6.07, 6.45) is 7.32. The van der Waals surface area contributed by atoms with Crippen molar-refractivity contribution in [3.05, 3.63) is 115 Å². The Morgan fingerprint density at radius 1 is 0.463 bits per heavy atom. The van der Waals surface area contributed by atoms with Gasteiger partial charge < -0.3 is 75.8 Å². The highest BCUT2D eigenvalue weighted by molar-refractivity contribution is 5.65. The van der Waals surface area contributed by atoms with Crippen LogP contribution in [0.5, 0.6) is 28.7 Å². The molecule has 12 atom stereocenters. The molecule has 3 fully saturated rings. The van der Waals surface area contributed by atoms with Gasteiger partial charge in [0, 0.05) is 33.5 Å². The summed E-state index contributed by atoms with van der Waals surface area (Å²) in [7, 11) is 1.60. The van der Waals surface area contributed by atoms with Crippen LogP contribution in [0.25, 0.3) is 11.1 Å². The fourth-order valence-electron chi connectivity index (χ4n) is 11.3. The van der Waals surface area contributed by atoms with E-state index in [0.29, 0.717) is 55.2 Å². The highest BCUT2D eigenvalue weighted by Crippen LogP contribution is 2.36. The lowest BCUT2D eigenvalue weighted by atomic mass is 9.85. The fourth-order valence-corrected chi connectivity index (χ4v) is 11.3. The predicted molar refractivity (Wildman–Crippen MR) is 311 cm³/mol. The van der Waals surface area contributed by atoms with Crippen LogP contribution in [0.2, 0.25) is 0 Å². The van der Waals surface area contributed by atoms with E-state index in [1.165, 1.54) is 56.9 Å². The van der Waals surface area contributed by atoms with Crippen molar-refractivity contribution in [2.45, 2.75) is 206 Å². The third-order valence-electron chi connectivity index (χ3n) is 15.3. The van der Waals surface area contributed by atoms with Gasteiger partial charge in [-0.25, -0.2) is 0 Å². The van der Waals surface area contributed by atoms with Gasteiger partial charge in [0.1, 0.15) is 72.6 Å². The summed E-state index contributed by atoms with van der Waals surface area (Å²) >= 11 is 0. The average molecular weight is 1140 g/mol. The number of ether oxygens (including phenoxy) is 16. The second-order valence-corrected chi connectivity index (χ2v) is 21.5. The molecule has 4 aliphatic rings. The summed E-state index contributed by atoms with van der Waals surface area (Å²) in [5.41, 5.74) is 3.28. The van der Waals surface area contributed by atoms with Gasteiger partial charge in [-0.05, 0) is 171 Å². The summed E-state index contributed by atoms with van der Waals surface area (Å²) < 4.78 is 101. The van der Waals surface area contributed by atoms with Gasteiger partial charge >= 0.3 is 0 Å². The molecule has 0 radical (unpaired) electrons. The zero-order valence-electron chi connectivity index (χ0n) is 50.0. The maximum atomic E-state index is 6.73. The monoisotopic (exact) mass is 1140 g/mol. The molecule has 0 amide bonds. The van der Waals surface area contributed by atoms with E-state index < -0.39 is 74.2 Å². The molecular formula is C66H92O16. The number of benzene rings is 4. The van der Waals surface area contributed by atoms with Crippen molar-refractivity contribution >= 4 is 0 Å². The Morgan fingerprint density at radius 3 is 1.48 bits per heavy atom. The van der Waals surface area contributed by atoms with Crippen molar-refractivity contribution in [1.29, 1.82) is 0 Å². The van der Waals surface area contributed by atoms with E-state index >= 15 is 0 Å². The largest absolute Gasteiger partial charge is 0.491 e. The van der Waals surface area contributed by atoms with Gasteiger partial charge in [0.25, 0.3) is 0 Å². The number of methoxy groups -OCH3 is 1. The van der Waals surface area contributed by atoms with E-state index in [-0.39, 0.29) is 19.3 Å². The first-order valence-electron chi connectivity index (χ1n) is 30.3. The third kappa shape index (κ3) is 18.8. The molecule has 8 rings (SSSR count). The minimum absolute atomic E-state index is 0.119. The summed E-state index contributed by atoms with van der Waals surface area (Å²) in [6, 6.07) is 31.8. The molecule has 4 aromatic carbocycles. The first-order valence-corrected chi connectivity index (χ1v) is 30.3. The lowest BCUT2D eigenvalue weighted by molar-refractivity contribution is -0.337. The van der Waals surface area contributed by atoms with Crippen molar-refractivity contribution in [2.24, 2.45) is 5.92 Å². The van der Waals surface area contributed by atoms with Crippen LogP contribution in [0.3, 0.4) is 0 Å². The zero-order chi connectivity index (χ0) is 57.6. The van der Waals surface area contributed by atoms with Crippen molar-refractivity contribution in [3.63, 3.8) is 0 Å². The van der Waals surface area contributed by atoms with Crippen LogP contribution in [0, 0.1) is 5.92 Å². The molecular weight excluding hydrogens is 1050 g/mol. The molecule has 0 aromatic heterocycles. The molecule has 1 saturated heterocycles. The topological polar surface area (TPSA) is 148 Å². The molecule has 2 saturated carbocycles. The minimum Gasteiger partial charge on any atom is -0.491 e. The van der Waals surface area contributed by atoms with E-state index in [4.69, 9.17) is 75.8 Å². The Labute approximate surface area is 487 Å². The molecule has 0 N–H and O–H groups in total. The van der Waals surface area contributed by atoms with Crippen molar-refractivity contribution in [3.8, 4) is 39.9 Å². The van der Waals surface area contributed by atoms with Crippen LogP contribution in [-0.4, -0.2) is 127 Å². The van der Waals surface area contributed by atoms with Gasteiger partial charge in [0.2, 0.25) is 0 Å². The van der Waals surface area contributed by atoms with Crippen LogP contribution in [0.1, 0.15) is 125 Å². The molecule has 4 aromatic rings. The fraction of sp³-hybridized carbons (Fsp3) is 0.606. The quantitative estimate of drug-likeness (QED) is 0.0427. The molecule has 0 bridgehead atoms. The molecule has 452 valence electrons. The molecule has 9 unspecified atom stereocenters. The molecule has 16 nitrogen and oxygen atoms in total. The maximum absolute atomic E-state index is 6.73. The Balaban J connectivity index is 0.915. The van der Waals surface area contributed by atoms with E-state index in [9.17, 15) is 0 Å². The first kappa shape index (κ1) is 63.1. The van der Waals surface area contributed by atoms with Crippen molar-refractivity contribution in [1.82, 2.24) is 0 Å². The highest BCUT2D eigenvalue weighted by Gasteiger charge is 2.51.